The van der Waals surface area contributed by atoms with Crippen LogP contribution in [0.3, 0.4) is 0 Å². The second-order valence-corrected chi connectivity index (χ2v) is 7.70. The molecule has 0 unspecified atom stereocenters. The number of hydrogen-bond donors (Lipinski definition) is 3. The number of para-hydroxylation sites is 1. The van der Waals surface area contributed by atoms with Crippen molar-refractivity contribution in [3.8, 4) is 11.3 Å². The Balaban J connectivity index is 1.53. The average molecular weight is 478 g/mol. The highest BCUT2D eigenvalue weighted by Gasteiger charge is 2.15. The first-order chi connectivity index (χ1) is 15.9. The number of aromatic nitrogens is 1. The number of benzene rings is 3. The van der Waals surface area contributed by atoms with Crippen LogP contribution < -0.4 is 16.2 Å². The Bertz CT molecular complexity index is 1380. The van der Waals surface area contributed by atoms with Crippen LogP contribution in [0, 0.1) is 10.1 Å². The van der Waals surface area contributed by atoms with Crippen LogP contribution in [0.25, 0.3) is 22.2 Å². The number of amides is 1. The number of non-ortho nitro benzene ring substituents is 1. The Hall–Kier alpha value is -4.08. The van der Waals surface area contributed by atoms with Gasteiger partial charge >= 0.3 is 0 Å². The number of rotatable bonds is 4. The van der Waals surface area contributed by atoms with E-state index in [1.165, 1.54) is 24.3 Å². The summed E-state index contributed by atoms with van der Waals surface area (Å²) in [6.07, 6.45) is 0. The van der Waals surface area contributed by atoms with Gasteiger partial charge in [-0.1, -0.05) is 48.0 Å². The van der Waals surface area contributed by atoms with E-state index in [4.69, 9.17) is 23.8 Å². The number of nitrogens with one attached hydrogen (secondary N) is 3. The fourth-order valence-corrected chi connectivity index (χ4v) is 3.58. The molecule has 1 amide bonds. The van der Waals surface area contributed by atoms with E-state index in [1.807, 2.05) is 36.4 Å². The van der Waals surface area contributed by atoms with Crippen LogP contribution >= 0.6 is 23.8 Å². The number of halogens is 1. The molecular weight excluding hydrogens is 462 g/mol. The number of carbonyl (C=O) groups is 1. The second kappa shape index (κ2) is 9.60. The lowest BCUT2D eigenvalue weighted by molar-refractivity contribution is -0.384. The molecule has 0 saturated carbocycles. The number of pyridine rings is 1. The summed E-state index contributed by atoms with van der Waals surface area (Å²) in [7, 11) is 0. The quantitative estimate of drug-likeness (QED) is 0.213. The van der Waals surface area contributed by atoms with Crippen molar-refractivity contribution in [1.29, 1.82) is 0 Å². The molecular formula is C23H16ClN5O3S. The van der Waals surface area contributed by atoms with Crippen molar-refractivity contribution >= 4 is 57.1 Å². The molecule has 0 atom stereocenters. The fraction of sp³-hybridized carbons (Fsp3) is 0. The van der Waals surface area contributed by atoms with Crippen molar-refractivity contribution in [2.45, 2.75) is 0 Å². The molecule has 3 N–H and O–H groups in total. The van der Waals surface area contributed by atoms with E-state index >= 15 is 0 Å². The summed E-state index contributed by atoms with van der Waals surface area (Å²) in [5.41, 5.74) is 8.02. The van der Waals surface area contributed by atoms with Crippen molar-refractivity contribution < 1.29 is 9.72 Å². The molecule has 10 heteroatoms. The topological polar surface area (TPSA) is 109 Å². The number of anilines is 1. The Kier molecular flexibility index (Phi) is 6.43. The molecule has 0 saturated heterocycles. The van der Waals surface area contributed by atoms with E-state index < -0.39 is 10.8 Å². The maximum Gasteiger partial charge on any atom is 0.270 e. The van der Waals surface area contributed by atoms with Crippen LogP contribution in [0.4, 0.5) is 11.4 Å². The molecule has 8 nitrogen and oxygen atoms in total. The average Bonchev–Trinajstić information content (AvgIpc) is 2.82. The SMILES string of the molecule is O=C(NNC(=S)Nc1ccc([N+](=O)[O-])cc1)c1cc(-c2ccccc2Cl)nc2ccccc12. The molecule has 0 bridgehead atoms. The lowest BCUT2D eigenvalue weighted by atomic mass is 10.0. The number of hydrogen-bond acceptors (Lipinski definition) is 5. The molecule has 3 aromatic carbocycles. The number of nitro groups is 1. The van der Waals surface area contributed by atoms with Gasteiger partial charge in [0.25, 0.3) is 11.6 Å². The molecule has 1 heterocycles. The monoisotopic (exact) mass is 477 g/mol. The van der Waals surface area contributed by atoms with Crippen LogP contribution in [0.2, 0.25) is 5.02 Å². The molecule has 0 radical (unpaired) electrons. The van der Waals surface area contributed by atoms with Gasteiger partial charge in [0.15, 0.2) is 5.11 Å². The lowest BCUT2D eigenvalue weighted by Gasteiger charge is -2.14. The van der Waals surface area contributed by atoms with Gasteiger partial charge in [-0.3, -0.25) is 25.8 Å². The number of fused-ring (bicyclic) bond motifs is 1. The smallest absolute Gasteiger partial charge is 0.270 e. The van der Waals surface area contributed by atoms with Crippen LogP contribution in [-0.4, -0.2) is 20.9 Å². The zero-order valence-electron chi connectivity index (χ0n) is 16.9. The molecule has 33 heavy (non-hydrogen) atoms. The van der Waals surface area contributed by atoms with E-state index in [0.717, 1.165) is 0 Å². The summed E-state index contributed by atoms with van der Waals surface area (Å²) in [5, 5.41) is 14.9. The van der Waals surface area contributed by atoms with Crippen molar-refractivity contribution in [2.24, 2.45) is 0 Å². The first-order valence-corrected chi connectivity index (χ1v) is 10.5. The third-order valence-corrected chi connectivity index (χ3v) is 5.27. The predicted molar refractivity (Wildman–Crippen MR) is 132 cm³/mol. The van der Waals surface area contributed by atoms with Gasteiger partial charge in [0, 0.05) is 33.8 Å². The summed E-state index contributed by atoms with van der Waals surface area (Å²) in [4.78, 5) is 27.9. The highest BCUT2D eigenvalue weighted by atomic mass is 35.5. The summed E-state index contributed by atoms with van der Waals surface area (Å²) < 4.78 is 0. The molecule has 0 aliphatic heterocycles. The Labute approximate surface area is 198 Å². The van der Waals surface area contributed by atoms with Crippen molar-refractivity contribution in [1.82, 2.24) is 15.8 Å². The molecule has 164 valence electrons. The van der Waals surface area contributed by atoms with Crippen molar-refractivity contribution in [3.63, 3.8) is 0 Å². The normalized spacial score (nSPS) is 10.5. The molecule has 4 aromatic rings. The van der Waals surface area contributed by atoms with E-state index in [9.17, 15) is 14.9 Å². The number of hydrazine groups is 1. The van der Waals surface area contributed by atoms with Gasteiger partial charge in [-0.05, 0) is 42.5 Å². The molecule has 0 spiro atoms. The van der Waals surface area contributed by atoms with Gasteiger partial charge in [0.1, 0.15) is 0 Å². The lowest BCUT2D eigenvalue weighted by Crippen LogP contribution is -2.43. The van der Waals surface area contributed by atoms with Crippen molar-refractivity contribution in [3.05, 3.63) is 99.6 Å². The first kappa shape index (κ1) is 22.1. The van der Waals surface area contributed by atoms with E-state index in [1.54, 1.807) is 18.2 Å². The minimum Gasteiger partial charge on any atom is -0.331 e. The maximum atomic E-state index is 13.0. The predicted octanol–water partition coefficient (Wildman–Crippen LogP) is 5.09. The van der Waals surface area contributed by atoms with Gasteiger partial charge in [0.05, 0.1) is 21.7 Å². The van der Waals surface area contributed by atoms with Crippen LogP contribution in [0.1, 0.15) is 10.4 Å². The molecule has 1 aromatic heterocycles. The minimum absolute atomic E-state index is 0.0355. The summed E-state index contributed by atoms with van der Waals surface area (Å²) in [6, 6.07) is 22.0. The highest BCUT2D eigenvalue weighted by Crippen LogP contribution is 2.29. The summed E-state index contributed by atoms with van der Waals surface area (Å²) in [5.74, 6) is -0.422. The van der Waals surface area contributed by atoms with Gasteiger partial charge in [-0.25, -0.2) is 4.98 Å². The van der Waals surface area contributed by atoms with Crippen LogP contribution in [0.5, 0.6) is 0 Å². The standard InChI is InChI=1S/C23H16ClN5O3S/c24-19-7-3-1-6-17(19)21-13-18(16-5-2-4-8-20(16)26-21)22(30)27-28-23(33)25-14-9-11-15(12-10-14)29(31)32/h1-13H,(H,27,30)(H2,25,28,33). The second-order valence-electron chi connectivity index (χ2n) is 6.89. The van der Waals surface area contributed by atoms with Crippen molar-refractivity contribution in [2.75, 3.05) is 5.32 Å². The molecule has 0 aliphatic rings. The first-order valence-electron chi connectivity index (χ1n) is 9.69. The summed E-state index contributed by atoms with van der Waals surface area (Å²) in [6.45, 7) is 0. The number of thiocarbonyl (C=S) groups is 1. The largest absolute Gasteiger partial charge is 0.331 e. The van der Waals surface area contributed by atoms with Crippen LogP contribution in [0.15, 0.2) is 78.9 Å². The summed E-state index contributed by atoms with van der Waals surface area (Å²) >= 11 is 11.5. The Morgan fingerprint density at radius 1 is 0.970 bits per heavy atom. The molecule has 0 fully saturated rings. The van der Waals surface area contributed by atoms with Gasteiger partial charge in [-0.2, -0.15) is 0 Å². The number of carbonyl (C=O) groups excluding carboxylic acids is 1. The molecule has 4 rings (SSSR count). The fourth-order valence-electron chi connectivity index (χ4n) is 3.18. The zero-order valence-corrected chi connectivity index (χ0v) is 18.5. The van der Waals surface area contributed by atoms with Crippen LogP contribution in [-0.2, 0) is 0 Å². The Morgan fingerprint density at radius 3 is 2.39 bits per heavy atom. The highest BCUT2D eigenvalue weighted by molar-refractivity contribution is 7.80. The molecule has 0 aliphatic carbocycles. The van der Waals surface area contributed by atoms with E-state index in [0.29, 0.717) is 38.4 Å². The van der Waals surface area contributed by atoms with E-state index in [2.05, 4.69) is 21.2 Å². The van der Waals surface area contributed by atoms with Gasteiger partial charge in [-0.15, -0.1) is 0 Å². The maximum absolute atomic E-state index is 13.0. The number of nitrogens with zero attached hydrogens (tertiary/aromatic N) is 2. The third-order valence-electron chi connectivity index (χ3n) is 4.74. The zero-order chi connectivity index (χ0) is 23.4. The Morgan fingerprint density at radius 2 is 1.67 bits per heavy atom. The third kappa shape index (κ3) is 5.05. The van der Waals surface area contributed by atoms with E-state index in [-0.39, 0.29) is 10.8 Å². The van der Waals surface area contributed by atoms with Gasteiger partial charge in [0.2, 0.25) is 0 Å². The number of nitro benzene ring substituents is 1. The van der Waals surface area contributed by atoms with Gasteiger partial charge < -0.3 is 5.32 Å². The minimum atomic E-state index is -0.490.